The van der Waals surface area contributed by atoms with Gasteiger partial charge in [-0.25, -0.2) is 0 Å². The molecular weight excluding hydrogens is 338 g/mol. The molecule has 0 aromatic carbocycles. The predicted molar refractivity (Wildman–Crippen MR) is 113 cm³/mol. The van der Waals surface area contributed by atoms with Crippen molar-refractivity contribution < 1.29 is 14.3 Å². The zero-order valence-corrected chi connectivity index (χ0v) is 18.0. The van der Waals surface area contributed by atoms with Crippen molar-refractivity contribution >= 4 is 5.97 Å². The maximum absolute atomic E-state index is 11.7. The van der Waals surface area contributed by atoms with Gasteiger partial charge in [0.05, 0.1) is 26.2 Å². The lowest BCUT2D eigenvalue weighted by molar-refractivity contribution is -0.144. The van der Waals surface area contributed by atoms with Gasteiger partial charge in [0, 0.05) is 19.6 Å². The van der Waals surface area contributed by atoms with Crippen molar-refractivity contribution in [1.82, 2.24) is 4.90 Å². The lowest BCUT2D eigenvalue weighted by Crippen LogP contribution is -2.37. The quantitative estimate of drug-likeness (QED) is 0.224. The Kier molecular flexibility index (Phi) is 17.0. The summed E-state index contributed by atoms with van der Waals surface area (Å²) in [4.78, 5) is 14.0. The Bertz CT molecular complexity index is 330. The van der Waals surface area contributed by atoms with Crippen molar-refractivity contribution in [3.05, 3.63) is 0 Å². The van der Waals surface area contributed by atoms with Crippen LogP contribution in [0.25, 0.3) is 0 Å². The van der Waals surface area contributed by atoms with Crippen molar-refractivity contribution in [2.45, 2.75) is 103 Å². The van der Waals surface area contributed by atoms with E-state index in [1.54, 1.807) is 0 Å². The number of nitrogens with zero attached hydrogens (tertiary/aromatic N) is 1. The SMILES string of the molecule is CCCCCCCCCCCCCCCCOC(=O)CCN1CCOCC1. The van der Waals surface area contributed by atoms with E-state index < -0.39 is 0 Å². The van der Waals surface area contributed by atoms with E-state index in [0.717, 1.165) is 39.3 Å². The van der Waals surface area contributed by atoms with Crippen molar-refractivity contribution in [3.8, 4) is 0 Å². The Morgan fingerprint density at radius 2 is 1.26 bits per heavy atom. The smallest absolute Gasteiger partial charge is 0.307 e. The minimum absolute atomic E-state index is 0.0452. The zero-order chi connectivity index (χ0) is 19.4. The molecule has 0 spiro atoms. The highest BCUT2D eigenvalue weighted by Gasteiger charge is 2.12. The minimum atomic E-state index is -0.0452. The molecule has 1 rings (SSSR count). The van der Waals surface area contributed by atoms with Crippen LogP contribution in [0, 0.1) is 0 Å². The number of rotatable bonds is 18. The number of esters is 1. The number of hydrogen-bond donors (Lipinski definition) is 0. The lowest BCUT2D eigenvalue weighted by Gasteiger charge is -2.25. The molecule has 1 aliphatic heterocycles. The van der Waals surface area contributed by atoms with Crippen LogP contribution in [0.4, 0.5) is 0 Å². The minimum Gasteiger partial charge on any atom is -0.466 e. The van der Waals surface area contributed by atoms with Gasteiger partial charge in [-0.1, -0.05) is 90.4 Å². The molecule has 0 bridgehead atoms. The molecule has 0 atom stereocenters. The summed E-state index contributed by atoms with van der Waals surface area (Å²) in [5, 5.41) is 0. The van der Waals surface area contributed by atoms with Crippen molar-refractivity contribution in [2.75, 3.05) is 39.5 Å². The topological polar surface area (TPSA) is 38.8 Å². The predicted octanol–water partition coefficient (Wildman–Crippen LogP) is 5.73. The molecule has 4 nitrogen and oxygen atoms in total. The van der Waals surface area contributed by atoms with Gasteiger partial charge in [0.15, 0.2) is 0 Å². The third-order valence-corrected chi connectivity index (χ3v) is 5.50. The molecule has 0 amide bonds. The fourth-order valence-corrected chi connectivity index (χ4v) is 3.63. The Balaban J connectivity index is 1.73. The van der Waals surface area contributed by atoms with E-state index >= 15 is 0 Å². The summed E-state index contributed by atoms with van der Waals surface area (Å²) in [6.07, 6.45) is 19.4. The van der Waals surface area contributed by atoms with Gasteiger partial charge in [-0.3, -0.25) is 9.69 Å². The Morgan fingerprint density at radius 1 is 0.778 bits per heavy atom. The molecule has 1 fully saturated rings. The van der Waals surface area contributed by atoms with E-state index in [1.165, 1.54) is 83.5 Å². The van der Waals surface area contributed by atoms with Crippen LogP contribution in [0.3, 0.4) is 0 Å². The van der Waals surface area contributed by atoms with Crippen LogP contribution in [0.2, 0.25) is 0 Å². The van der Waals surface area contributed by atoms with E-state index in [9.17, 15) is 4.79 Å². The Morgan fingerprint density at radius 3 is 1.78 bits per heavy atom. The summed E-state index contributed by atoms with van der Waals surface area (Å²) in [7, 11) is 0. The fraction of sp³-hybridized carbons (Fsp3) is 0.957. The fourth-order valence-electron chi connectivity index (χ4n) is 3.63. The standard InChI is InChI=1S/C23H45NO3/c1-2-3-4-5-6-7-8-9-10-11-12-13-14-15-20-27-23(25)16-17-24-18-21-26-22-19-24/h2-22H2,1H3. The summed E-state index contributed by atoms with van der Waals surface area (Å²) in [5.41, 5.74) is 0. The van der Waals surface area contributed by atoms with Crippen LogP contribution in [0.15, 0.2) is 0 Å². The number of morpholine rings is 1. The number of ether oxygens (including phenoxy) is 2. The molecule has 0 aromatic rings. The summed E-state index contributed by atoms with van der Waals surface area (Å²) in [6.45, 7) is 7.13. The average Bonchev–Trinajstić information content (AvgIpc) is 2.70. The summed E-state index contributed by atoms with van der Waals surface area (Å²) < 4.78 is 10.7. The van der Waals surface area contributed by atoms with Gasteiger partial charge in [0.25, 0.3) is 0 Å². The van der Waals surface area contributed by atoms with Crippen LogP contribution >= 0.6 is 0 Å². The molecule has 0 aromatic heterocycles. The first-order valence-corrected chi connectivity index (χ1v) is 11.8. The van der Waals surface area contributed by atoms with E-state index in [4.69, 9.17) is 9.47 Å². The number of carbonyl (C=O) groups excluding carboxylic acids is 1. The van der Waals surface area contributed by atoms with Crippen LogP contribution < -0.4 is 0 Å². The number of unbranched alkanes of at least 4 members (excludes halogenated alkanes) is 13. The summed E-state index contributed by atoms with van der Waals surface area (Å²) in [5.74, 6) is -0.0452. The lowest BCUT2D eigenvalue weighted by atomic mass is 10.0. The van der Waals surface area contributed by atoms with Crippen LogP contribution in [0.1, 0.15) is 103 Å². The van der Waals surface area contributed by atoms with Crippen LogP contribution in [-0.4, -0.2) is 50.3 Å². The maximum atomic E-state index is 11.7. The second kappa shape index (κ2) is 18.7. The van der Waals surface area contributed by atoms with Gasteiger partial charge in [-0.15, -0.1) is 0 Å². The zero-order valence-electron chi connectivity index (χ0n) is 18.0. The Labute approximate surface area is 168 Å². The highest BCUT2D eigenvalue weighted by molar-refractivity contribution is 5.69. The third-order valence-electron chi connectivity index (χ3n) is 5.50. The number of carbonyl (C=O) groups is 1. The molecule has 1 aliphatic rings. The number of hydrogen-bond acceptors (Lipinski definition) is 4. The molecule has 0 radical (unpaired) electrons. The molecule has 1 heterocycles. The van der Waals surface area contributed by atoms with Crippen molar-refractivity contribution in [3.63, 3.8) is 0 Å². The van der Waals surface area contributed by atoms with Crippen LogP contribution in [0.5, 0.6) is 0 Å². The summed E-state index contributed by atoms with van der Waals surface area (Å²) >= 11 is 0. The van der Waals surface area contributed by atoms with E-state index in [2.05, 4.69) is 11.8 Å². The highest BCUT2D eigenvalue weighted by Crippen LogP contribution is 2.13. The van der Waals surface area contributed by atoms with E-state index in [1.807, 2.05) is 0 Å². The average molecular weight is 384 g/mol. The molecule has 4 heteroatoms. The highest BCUT2D eigenvalue weighted by atomic mass is 16.5. The van der Waals surface area contributed by atoms with Gasteiger partial charge < -0.3 is 9.47 Å². The van der Waals surface area contributed by atoms with Crippen molar-refractivity contribution in [1.29, 1.82) is 0 Å². The largest absolute Gasteiger partial charge is 0.466 e. The molecule has 27 heavy (non-hydrogen) atoms. The first-order chi connectivity index (χ1) is 13.3. The Hall–Kier alpha value is -0.610. The van der Waals surface area contributed by atoms with Gasteiger partial charge >= 0.3 is 5.97 Å². The van der Waals surface area contributed by atoms with Gasteiger partial charge in [0.2, 0.25) is 0 Å². The molecule has 0 aliphatic carbocycles. The second-order valence-corrected chi connectivity index (χ2v) is 8.02. The summed E-state index contributed by atoms with van der Waals surface area (Å²) in [6, 6.07) is 0. The maximum Gasteiger partial charge on any atom is 0.307 e. The van der Waals surface area contributed by atoms with Gasteiger partial charge in [-0.2, -0.15) is 0 Å². The van der Waals surface area contributed by atoms with Gasteiger partial charge in [0.1, 0.15) is 0 Å². The first-order valence-electron chi connectivity index (χ1n) is 11.8. The molecule has 160 valence electrons. The second-order valence-electron chi connectivity index (χ2n) is 8.02. The normalized spacial score (nSPS) is 15.1. The molecule has 0 N–H and O–H groups in total. The third kappa shape index (κ3) is 16.1. The van der Waals surface area contributed by atoms with Gasteiger partial charge in [-0.05, 0) is 6.42 Å². The molecular formula is C23H45NO3. The first kappa shape index (κ1) is 24.4. The molecule has 0 saturated carbocycles. The monoisotopic (exact) mass is 383 g/mol. The molecule has 1 saturated heterocycles. The van der Waals surface area contributed by atoms with Crippen LogP contribution in [-0.2, 0) is 14.3 Å². The van der Waals surface area contributed by atoms with E-state index in [0.29, 0.717) is 13.0 Å². The van der Waals surface area contributed by atoms with E-state index in [-0.39, 0.29) is 5.97 Å². The van der Waals surface area contributed by atoms with Crippen molar-refractivity contribution in [2.24, 2.45) is 0 Å². The molecule has 0 unspecified atom stereocenters.